The summed E-state index contributed by atoms with van der Waals surface area (Å²) in [5.74, 6) is 0.721. The van der Waals surface area contributed by atoms with Crippen molar-refractivity contribution in [1.82, 2.24) is 30.0 Å². The fraction of sp³-hybridized carbons (Fsp3) is 0.412. The molecule has 0 radical (unpaired) electrons. The summed E-state index contributed by atoms with van der Waals surface area (Å²) in [6, 6.07) is 11.9. The number of hydrogen-bond acceptors (Lipinski definition) is 6. The van der Waals surface area contributed by atoms with Gasteiger partial charge in [-0.3, -0.25) is 4.68 Å². The minimum Gasteiger partial charge on any atom is -0.387 e. The maximum Gasteiger partial charge on any atom is 0.250 e. The standard InChI is InChI=1S/C17H21N7O/c1-2-16(25)15-11-14-12-22(9-6-10-23(14)19-15)17-18-20-21-24(17)13-7-4-3-5-8-13/h3-5,7-8,11,16,25H,2,6,9-10,12H2,1H3/t16-/m0/s1. The summed E-state index contributed by atoms with van der Waals surface area (Å²) < 4.78 is 3.75. The zero-order valence-corrected chi connectivity index (χ0v) is 14.2. The molecule has 0 saturated heterocycles. The van der Waals surface area contributed by atoms with Crippen LogP contribution >= 0.6 is 0 Å². The highest BCUT2D eigenvalue weighted by Gasteiger charge is 2.23. The van der Waals surface area contributed by atoms with Gasteiger partial charge in [0.25, 0.3) is 5.95 Å². The second kappa shape index (κ2) is 6.64. The van der Waals surface area contributed by atoms with Crippen LogP contribution in [0.5, 0.6) is 0 Å². The molecule has 8 nitrogen and oxygen atoms in total. The first kappa shape index (κ1) is 15.8. The van der Waals surface area contributed by atoms with Crippen LogP contribution in [0, 0.1) is 0 Å². The van der Waals surface area contributed by atoms with Gasteiger partial charge in [0, 0.05) is 13.1 Å². The van der Waals surface area contributed by atoms with Gasteiger partial charge in [0.05, 0.1) is 29.7 Å². The molecule has 8 heteroatoms. The van der Waals surface area contributed by atoms with Crippen molar-refractivity contribution < 1.29 is 5.11 Å². The third-order valence-corrected chi connectivity index (χ3v) is 4.50. The lowest BCUT2D eigenvalue weighted by Crippen LogP contribution is -2.26. The van der Waals surface area contributed by atoms with Crippen LogP contribution in [0.15, 0.2) is 36.4 Å². The summed E-state index contributed by atoms with van der Waals surface area (Å²) in [6.45, 7) is 4.30. The molecule has 0 bridgehead atoms. The molecule has 1 aromatic carbocycles. The summed E-state index contributed by atoms with van der Waals surface area (Å²) in [6.07, 6.45) is 1.09. The number of benzene rings is 1. The molecule has 1 N–H and O–H groups in total. The number of nitrogens with zero attached hydrogens (tertiary/aromatic N) is 7. The SMILES string of the molecule is CC[C@H](O)c1cc2n(n1)CCCN(c1nnnn1-c1ccccc1)C2. The van der Waals surface area contributed by atoms with E-state index in [-0.39, 0.29) is 0 Å². The molecular weight excluding hydrogens is 318 g/mol. The van der Waals surface area contributed by atoms with Gasteiger partial charge in [0.2, 0.25) is 0 Å². The van der Waals surface area contributed by atoms with Gasteiger partial charge in [-0.2, -0.15) is 9.78 Å². The van der Waals surface area contributed by atoms with Crippen molar-refractivity contribution >= 4 is 5.95 Å². The third-order valence-electron chi connectivity index (χ3n) is 4.50. The largest absolute Gasteiger partial charge is 0.387 e. The number of anilines is 1. The highest BCUT2D eigenvalue weighted by molar-refractivity contribution is 5.41. The Morgan fingerprint density at radius 2 is 2.04 bits per heavy atom. The molecule has 130 valence electrons. The minimum atomic E-state index is -0.512. The van der Waals surface area contributed by atoms with Crippen LogP contribution in [0.25, 0.3) is 5.69 Å². The van der Waals surface area contributed by atoms with Crippen LogP contribution in [0.2, 0.25) is 0 Å². The molecule has 4 rings (SSSR count). The molecule has 2 aromatic heterocycles. The zero-order chi connectivity index (χ0) is 17.2. The molecule has 0 spiro atoms. The first-order valence-corrected chi connectivity index (χ1v) is 8.59. The smallest absolute Gasteiger partial charge is 0.250 e. The van der Waals surface area contributed by atoms with Gasteiger partial charge in [-0.1, -0.05) is 30.2 Å². The number of aromatic nitrogens is 6. The Hall–Kier alpha value is -2.74. The molecule has 1 aliphatic heterocycles. The summed E-state index contributed by atoms with van der Waals surface area (Å²) in [5, 5.41) is 26.9. The highest BCUT2D eigenvalue weighted by atomic mass is 16.3. The van der Waals surface area contributed by atoms with E-state index < -0.39 is 6.10 Å². The lowest BCUT2D eigenvalue weighted by molar-refractivity contribution is 0.168. The van der Waals surface area contributed by atoms with E-state index in [1.54, 1.807) is 4.68 Å². The van der Waals surface area contributed by atoms with Crippen LogP contribution in [0.3, 0.4) is 0 Å². The van der Waals surface area contributed by atoms with Gasteiger partial charge in [0.15, 0.2) is 0 Å². The Balaban J connectivity index is 1.65. The van der Waals surface area contributed by atoms with Gasteiger partial charge in [-0.25, -0.2) is 0 Å². The van der Waals surface area contributed by atoms with E-state index in [2.05, 4.69) is 25.5 Å². The first-order valence-electron chi connectivity index (χ1n) is 8.59. The van der Waals surface area contributed by atoms with Crippen molar-refractivity contribution in [3.05, 3.63) is 47.8 Å². The van der Waals surface area contributed by atoms with Crippen LogP contribution in [0.4, 0.5) is 5.95 Å². The maximum atomic E-state index is 10.1. The molecular formula is C17H21N7O. The summed E-state index contributed by atoms with van der Waals surface area (Å²) >= 11 is 0. The van der Waals surface area contributed by atoms with Gasteiger partial charge < -0.3 is 10.0 Å². The van der Waals surface area contributed by atoms with Crippen LogP contribution in [0.1, 0.15) is 37.3 Å². The number of aliphatic hydroxyl groups is 1. The molecule has 0 fully saturated rings. The summed E-state index contributed by atoms with van der Waals surface area (Å²) in [5.41, 5.74) is 2.74. The molecule has 0 unspecified atom stereocenters. The molecule has 3 heterocycles. The van der Waals surface area contributed by atoms with E-state index >= 15 is 0 Å². The fourth-order valence-corrected chi connectivity index (χ4v) is 3.14. The van der Waals surface area contributed by atoms with E-state index in [0.29, 0.717) is 13.0 Å². The average molecular weight is 339 g/mol. The van der Waals surface area contributed by atoms with Crippen LogP contribution in [-0.4, -0.2) is 41.6 Å². The second-order valence-corrected chi connectivity index (χ2v) is 6.21. The molecule has 0 amide bonds. The number of rotatable bonds is 4. The van der Waals surface area contributed by atoms with Crippen LogP contribution < -0.4 is 4.90 Å². The van der Waals surface area contributed by atoms with Gasteiger partial charge in [-0.05, 0) is 41.5 Å². The lowest BCUT2D eigenvalue weighted by Gasteiger charge is -2.20. The van der Waals surface area contributed by atoms with E-state index in [9.17, 15) is 5.11 Å². The van der Waals surface area contributed by atoms with Gasteiger partial charge in [-0.15, -0.1) is 0 Å². The zero-order valence-electron chi connectivity index (χ0n) is 14.2. The Morgan fingerprint density at radius 1 is 1.20 bits per heavy atom. The molecule has 1 atom stereocenters. The van der Waals surface area contributed by atoms with Crippen molar-refractivity contribution in [3.8, 4) is 5.69 Å². The van der Waals surface area contributed by atoms with Crippen molar-refractivity contribution in [1.29, 1.82) is 0 Å². The molecule has 25 heavy (non-hydrogen) atoms. The van der Waals surface area contributed by atoms with Crippen molar-refractivity contribution in [3.63, 3.8) is 0 Å². The predicted octanol–water partition coefficient (Wildman–Crippen LogP) is 1.71. The summed E-state index contributed by atoms with van der Waals surface area (Å²) in [4.78, 5) is 2.16. The van der Waals surface area contributed by atoms with Gasteiger partial charge in [0.1, 0.15) is 0 Å². The normalized spacial score (nSPS) is 15.7. The Kier molecular flexibility index (Phi) is 4.19. The summed E-state index contributed by atoms with van der Waals surface area (Å²) in [7, 11) is 0. The van der Waals surface area contributed by atoms with E-state index in [1.165, 1.54) is 0 Å². The highest BCUT2D eigenvalue weighted by Crippen LogP contribution is 2.23. The number of hydrogen-bond donors (Lipinski definition) is 1. The number of fused-ring (bicyclic) bond motifs is 1. The Labute approximate surface area is 145 Å². The van der Waals surface area contributed by atoms with Crippen molar-refractivity contribution in [2.75, 3.05) is 11.4 Å². The monoisotopic (exact) mass is 339 g/mol. The number of para-hydroxylation sites is 1. The van der Waals surface area contributed by atoms with E-state index in [4.69, 9.17) is 0 Å². The molecule has 1 aliphatic rings. The average Bonchev–Trinajstić information content (AvgIpc) is 3.24. The fourth-order valence-electron chi connectivity index (χ4n) is 3.14. The second-order valence-electron chi connectivity index (χ2n) is 6.21. The minimum absolute atomic E-state index is 0.512. The Morgan fingerprint density at radius 3 is 2.84 bits per heavy atom. The number of tetrazole rings is 1. The predicted molar refractivity (Wildman–Crippen MR) is 92.3 cm³/mol. The third kappa shape index (κ3) is 3.00. The van der Waals surface area contributed by atoms with Gasteiger partial charge >= 0.3 is 0 Å². The Bertz CT molecular complexity index is 842. The van der Waals surface area contributed by atoms with Crippen LogP contribution in [-0.2, 0) is 13.1 Å². The quantitative estimate of drug-likeness (QED) is 0.779. The topological polar surface area (TPSA) is 84.9 Å². The molecule has 3 aromatic rings. The number of aryl methyl sites for hydroxylation is 1. The van der Waals surface area contributed by atoms with E-state index in [1.807, 2.05) is 48.0 Å². The first-order chi connectivity index (χ1) is 12.3. The maximum absolute atomic E-state index is 10.1. The van der Waals surface area contributed by atoms with Crippen molar-refractivity contribution in [2.45, 2.75) is 39.0 Å². The molecule has 0 aliphatic carbocycles. The van der Waals surface area contributed by atoms with Crippen molar-refractivity contribution in [2.24, 2.45) is 0 Å². The van der Waals surface area contributed by atoms with E-state index in [0.717, 1.165) is 42.5 Å². The molecule has 0 saturated carbocycles. The lowest BCUT2D eigenvalue weighted by atomic mass is 10.2. The number of aliphatic hydroxyl groups excluding tert-OH is 1.